The van der Waals surface area contributed by atoms with E-state index in [-0.39, 0.29) is 6.04 Å². The smallest absolute Gasteiger partial charge is 0.124 e. The van der Waals surface area contributed by atoms with Crippen LogP contribution in [-0.2, 0) is 6.42 Å². The number of benzene rings is 2. The van der Waals surface area contributed by atoms with Crippen LogP contribution in [-0.4, -0.2) is 20.8 Å². The highest BCUT2D eigenvalue weighted by Crippen LogP contribution is 2.40. The fourth-order valence-electron chi connectivity index (χ4n) is 3.14. The maximum atomic E-state index is 5.60. The van der Waals surface area contributed by atoms with Gasteiger partial charge in [-0.25, -0.2) is 0 Å². The van der Waals surface area contributed by atoms with Crippen LogP contribution >= 0.6 is 0 Å². The first-order chi connectivity index (χ1) is 10.2. The first kappa shape index (κ1) is 14.0. The van der Waals surface area contributed by atoms with Crippen molar-refractivity contribution in [3.05, 3.63) is 58.7 Å². The van der Waals surface area contributed by atoms with Crippen molar-refractivity contribution >= 4 is 0 Å². The second kappa shape index (κ2) is 5.78. The van der Waals surface area contributed by atoms with Gasteiger partial charge in [-0.1, -0.05) is 29.8 Å². The number of aryl methyl sites for hydroxylation is 1. The molecule has 1 unspecified atom stereocenters. The normalized spacial score (nSPS) is 17.2. The molecule has 3 rings (SSSR count). The standard InChI is InChI=1S/C18H21NO2/c1-12-5-4-6-13(11-12)18-17-14(9-10-19-18)15(20-2)7-8-16(17)21-3/h4-8,11,18-19H,9-10H2,1-3H3. The van der Waals surface area contributed by atoms with Crippen LogP contribution in [0.4, 0.5) is 0 Å². The van der Waals surface area contributed by atoms with Crippen LogP contribution in [0.2, 0.25) is 0 Å². The number of ether oxygens (including phenoxy) is 2. The van der Waals surface area contributed by atoms with Crippen molar-refractivity contribution in [2.45, 2.75) is 19.4 Å². The minimum absolute atomic E-state index is 0.152. The van der Waals surface area contributed by atoms with E-state index in [0.29, 0.717) is 0 Å². The molecule has 1 N–H and O–H groups in total. The van der Waals surface area contributed by atoms with E-state index in [1.807, 2.05) is 12.1 Å². The lowest BCUT2D eigenvalue weighted by atomic mass is 9.88. The summed E-state index contributed by atoms with van der Waals surface area (Å²) >= 11 is 0. The summed E-state index contributed by atoms with van der Waals surface area (Å²) in [7, 11) is 3.45. The van der Waals surface area contributed by atoms with Gasteiger partial charge in [0.05, 0.1) is 20.3 Å². The molecule has 0 fully saturated rings. The van der Waals surface area contributed by atoms with Crippen LogP contribution < -0.4 is 14.8 Å². The topological polar surface area (TPSA) is 30.5 Å². The Morgan fingerprint density at radius 3 is 2.52 bits per heavy atom. The number of nitrogens with one attached hydrogen (secondary N) is 1. The second-order valence-corrected chi connectivity index (χ2v) is 5.41. The SMILES string of the molecule is COc1ccc(OC)c2c1CCNC2c1cccc(C)c1. The predicted octanol–water partition coefficient (Wildman–Crippen LogP) is 3.25. The van der Waals surface area contributed by atoms with E-state index in [1.165, 1.54) is 22.3 Å². The Morgan fingerprint density at radius 1 is 1.05 bits per heavy atom. The van der Waals surface area contributed by atoms with Crippen molar-refractivity contribution in [2.75, 3.05) is 20.8 Å². The summed E-state index contributed by atoms with van der Waals surface area (Å²) in [5.41, 5.74) is 4.99. The molecular weight excluding hydrogens is 262 g/mol. The third-order valence-electron chi connectivity index (χ3n) is 4.10. The summed E-state index contributed by atoms with van der Waals surface area (Å²) in [6, 6.07) is 12.8. The molecule has 2 aromatic rings. The van der Waals surface area contributed by atoms with Gasteiger partial charge in [0.1, 0.15) is 11.5 Å². The Labute approximate surface area is 125 Å². The second-order valence-electron chi connectivity index (χ2n) is 5.41. The highest BCUT2D eigenvalue weighted by Gasteiger charge is 2.27. The van der Waals surface area contributed by atoms with Crippen LogP contribution in [0.1, 0.15) is 28.3 Å². The zero-order valence-electron chi connectivity index (χ0n) is 12.8. The minimum atomic E-state index is 0.152. The van der Waals surface area contributed by atoms with Gasteiger partial charge in [-0.15, -0.1) is 0 Å². The first-order valence-corrected chi connectivity index (χ1v) is 7.28. The molecule has 1 aliphatic heterocycles. The number of fused-ring (bicyclic) bond motifs is 1. The molecule has 1 heterocycles. The molecule has 0 aliphatic carbocycles. The molecule has 3 heteroatoms. The molecule has 21 heavy (non-hydrogen) atoms. The largest absolute Gasteiger partial charge is 0.496 e. The van der Waals surface area contributed by atoms with E-state index in [2.05, 4.69) is 36.5 Å². The zero-order valence-corrected chi connectivity index (χ0v) is 12.8. The summed E-state index contributed by atoms with van der Waals surface area (Å²) < 4.78 is 11.1. The average Bonchev–Trinajstić information content (AvgIpc) is 2.53. The Balaban J connectivity index is 2.16. The van der Waals surface area contributed by atoms with Crippen molar-refractivity contribution in [2.24, 2.45) is 0 Å². The quantitative estimate of drug-likeness (QED) is 0.938. The van der Waals surface area contributed by atoms with Gasteiger partial charge in [0.15, 0.2) is 0 Å². The van der Waals surface area contributed by atoms with E-state index in [4.69, 9.17) is 9.47 Å². The lowest BCUT2D eigenvalue weighted by Gasteiger charge is -2.30. The van der Waals surface area contributed by atoms with Crippen LogP contribution in [0.5, 0.6) is 11.5 Å². The van der Waals surface area contributed by atoms with Crippen molar-refractivity contribution in [1.82, 2.24) is 5.32 Å². The number of methoxy groups -OCH3 is 2. The molecule has 0 saturated heterocycles. The first-order valence-electron chi connectivity index (χ1n) is 7.28. The van der Waals surface area contributed by atoms with Crippen LogP contribution in [0, 0.1) is 6.92 Å². The third-order valence-corrected chi connectivity index (χ3v) is 4.10. The Hall–Kier alpha value is -2.00. The molecule has 2 aromatic carbocycles. The molecule has 1 atom stereocenters. The predicted molar refractivity (Wildman–Crippen MR) is 84.3 cm³/mol. The van der Waals surface area contributed by atoms with E-state index in [0.717, 1.165) is 24.5 Å². The summed E-state index contributed by atoms with van der Waals surface area (Å²) in [6.07, 6.45) is 0.956. The maximum Gasteiger partial charge on any atom is 0.124 e. The Kier molecular flexibility index (Phi) is 3.84. The molecule has 110 valence electrons. The molecule has 0 aromatic heterocycles. The molecule has 3 nitrogen and oxygen atoms in total. The van der Waals surface area contributed by atoms with E-state index in [9.17, 15) is 0 Å². The molecule has 0 saturated carbocycles. The van der Waals surface area contributed by atoms with Crippen LogP contribution in [0.25, 0.3) is 0 Å². The van der Waals surface area contributed by atoms with Gasteiger partial charge >= 0.3 is 0 Å². The summed E-state index contributed by atoms with van der Waals surface area (Å²) in [6.45, 7) is 3.06. The molecule has 0 amide bonds. The van der Waals surface area contributed by atoms with Gasteiger partial charge in [0.2, 0.25) is 0 Å². The van der Waals surface area contributed by atoms with Crippen molar-refractivity contribution < 1.29 is 9.47 Å². The van der Waals surface area contributed by atoms with E-state index >= 15 is 0 Å². The molecule has 0 radical (unpaired) electrons. The number of hydrogen-bond acceptors (Lipinski definition) is 3. The highest BCUT2D eigenvalue weighted by atomic mass is 16.5. The highest BCUT2D eigenvalue weighted by molar-refractivity contribution is 5.54. The summed E-state index contributed by atoms with van der Waals surface area (Å²) in [4.78, 5) is 0. The summed E-state index contributed by atoms with van der Waals surface area (Å²) in [5.74, 6) is 1.87. The third kappa shape index (κ3) is 2.49. The van der Waals surface area contributed by atoms with Crippen molar-refractivity contribution in [3.8, 4) is 11.5 Å². The summed E-state index contributed by atoms with van der Waals surface area (Å²) in [5, 5.41) is 3.61. The zero-order chi connectivity index (χ0) is 14.8. The Morgan fingerprint density at radius 2 is 1.81 bits per heavy atom. The lowest BCUT2D eigenvalue weighted by Crippen LogP contribution is -2.31. The van der Waals surface area contributed by atoms with Crippen molar-refractivity contribution in [3.63, 3.8) is 0 Å². The fourth-order valence-corrected chi connectivity index (χ4v) is 3.14. The average molecular weight is 283 g/mol. The number of rotatable bonds is 3. The van der Waals surface area contributed by atoms with Crippen LogP contribution in [0.3, 0.4) is 0 Å². The fraction of sp³-hybridized carbons (Fsp3) is 0.333. The van der Waals surface area contributed by atoms with Gasteiger partial charge in [0, 0.05) is 17.7 Å². The number of hydrogen-bond donors (Lipinski definition) is 1. The maximum absolute atomic E-state index is 5.60. The van der Waals surface area contributed by atoms with Crippen molar-refractivity contribution in [1.29, 1.82) is 0 Å². The van der Waals surface area contributed by atoms with Gasteiger partial charge in [-0.05, 0) is 31.0 Å². The molecule has 0 bridgehead atoms. The van der Waals surface area contributed by atoms with E-state index in [1.54, 1.807) is 14.2 Å². The lowest BCUT2D eigenvalue weighted by molar-refractivity contribution is 0.382. The molecule has 0 spiro atoms. The minimum Gasteiger partial charge on any atom is -0.496 e. The Bertz CT molecular complexity index is 652. The monoisotopic (exact) mass is 283 g/mol. The van der Waals surface area contributed by atoms with Crippen LogP contribution in [0.15, 0.2) is 36.4 Å². The van der Waals surface area contributed by atoms with Gasteiger partial charge in [-0.3, -0.25) is 0 Å². The molecular formula is C18H21NO2. The van der Waals surface area contributed by atoms with Gasteiger partial charge in [0.25, 0.3) is 0 Å². The van der Waals surface area contributed by atoms with Gasteiger partial charge in [-0.2, -0.15) is 0 Å². The van der Waals surface area contributed by atoms with E-state index < -0.39 is 0 Å². The van der Waals surface area contributed by atoms with Gasteiger partial charge < -0.3 is 14.8 Å². The molecule has 1 aliphatic rings.